The molecule has 1 saturated heterocycles. The van der Waals surface area contributed by atoms with Gasteiger partial charge in [0.15, 0.2) is 5.92 Å². The largest absolute Gasteiger partial charge is 0.358 e. The molecule has 3 rings (SSSR count). The van der Waals surface area contributed by atoms with Gasteiger partial charge in [-0.2, -0.15) is 0 Å². The molecule has 26 heavy (non-hydrogen) atoms. The zero-order chi connectivity index (χ0) is 18.7. The summed E-state index contributed by atoms with van der Waals surface area (Å²) in [4.78, 5) is 38.3. The van der Waals surface area contributed by atoms with Gasteiger partial charge in [0.05, 0.1) is 5.69 Å². The second-order valence-electron chi connectivity index (χ2n) is 5.61. The van der Waals surface area contributed by atoms with Crippen LogP contribution in [0.3, 0.4) is 0 Å². The van der Waals surface area contributed by atoms with E-state index in [1.54, 1.807) is 43.3 Å². The summed E-state index contributed by atoms with van der Waals surface area (Å²) in [6.07, 6.45) is 1.57. The van der Waals surface area contributed by atoms with Crippen molar-refractivity contribution in [2.75, 3.05) is 10.2 Å². The lowest BCUT2D eigenvalue weighted by atomic mass is 9.99. The van der Waals surface area contributed by atoms with Gasteiger partial charge in [-0.1, -0.05) is 24.3 Å². The van der Waals surface area contributed by atoms with Crippen molar-refractivity contribution >= 4 is 29.2 Å². The number of barbiturate groups is 1. The summed E-state index contributed by atoms with van der Waals surface area (Å²) in [5.41, 5.74) is 1.18. The fraction of sp³-hybridized carbons (Fsp3) is 0.105. The van der Waals surface area contributed by atoms with Crippen molar-refractivity contribution in [3.63, 3.8) is 0 Å². The topological polar surface area (TPSA) is 78.5 Å². The Morgan fingerprint density at radius 1 is 1.08 bits per heavy atom. The van der Waals surface area contributed by atoms with Crippen molar-refractivity contribution in [1.82, 2.24) is 5.32 Å². The monoisotopic (exact) mass is 353 g/mol. The Hall–Kier alpha value is -3.48. The van der Waals surface area contributed by atoms with Crippen LogP contribution in [-0.2, 0) is 9.59 Å². The number of allylic oxidation sites excluding steroid dienone is 1. The van der Waals surface area contributed by atoms with Gasteiger partial charge in [-0.3, -0.25) is 14.9 Å². The highest BCUT2D eigenvalue weighted by Gasteiger charge is 2.43. The molecule has 0 saturated carbocycles. The fourth-order valence-corrected chi connectivity index (χ4v) is 2.68. The third-order valence-corrected chi connectivity index (χ3v) is 3.93. The molecule has 1 aliphatic heterocycles. The zero-order valence-corrected chi connectivity index (χ0v) is 13.9. The van der Waals surface area contributed by atoms with Crippen LogP contribution in [0.25, 0.3) is 0 Å². The van der Waals surface area contributed by atoms with E-state index in [1.165, 1.54) is 24.3 Å². The molecular weight excluding hydrogens is 337 g/mol. The van der Waals surface area contributed by atoms with E-state index in [1.807, 2.05) is 0 Å². The van der Waals surface area contributed by atoms with Gasteiger partial charge in [0.1, 0.15) is 5.82 Å². The number of nitrogens with zero attached hydrogens (tertiary/aromatic N) is 1. The number of hydrogen-bond donors (Lipinski definition) is 2. The van der Waals surface area contributed by atoms with Gasteiger partial charge in [0.25, 0.3) is 5.91 Å². The molecule has 7 heteroatoms. The fourth-order valence-electron chi connectivity index (χ4n) is 2.68. The van der Waals surface area contributed by atoms with E-state index in [2.05, 4.69) is 10.6 Å². The molecule has 0 bridgehead atoms. The number of urea groups is 1. The minimum Gasteiger partial charge on any atom is -0.358 e. The molecule has 2 aromatic rings. The van der Waals surface area contributed by atoms with Gasteiger partial charge in [0.2, 0.25) is 5.91 Å². The van der Waals surface area contributed by atoms with Gasteiger partial charge in [-0.15, -0.1) is 0 Å². The first kappa shape index (κ1) is 17.3. The molecule has 2 aromatic carbocycles. The molecule has 0 aliphatic carbocycles. The first-order chi connectivity index (χ1) is 12.5. The number of imide groups is 2. The first-order valence-corrected chi connectivity index (χ1v) is 7.94. The third-order valence-electron chi connectivity index (χ3n) is 3.93. The van der Waals surface area contributed by atoms with E-state index in [-0.39, 0.29) is 0 Å². The number of rotatable bonds is 4. The van der Waals surface area contributed by atoms with E-state index in [0.717, 1.165) is 4.90 Å². The van der Waals surface area contributed by atoms with E-state index in [0.29, 0.717) is 17.1 Å². The quantitative estimate of drug-likeness (QED) is 0.828. The molecule has 132 valence electrons. The number of anilines is 2. The summed E-state index contributed by atoms with van der Waals surface area (Å²) >= 11 is 0. The van der Waals surface area contributed by atoms with Crippen molar-refractivity contribution in [3.8, 4) is 0 Å². The third kappa shape index (κ3) is 3.32. The molecule has 4 amide bonds. The predicted molar refractivity (Wildman–Crippen MR) is 94.7 cm³/mol. The average molecular weight is 353 g/mol. The minimum atomic E-state index is -1.22. The lowest BCUT2D eigenvalue weighted by Gasteiger charge is -2.31. The van der Waals surface area contributed by atoms with Crippen LogP contribution in [0, 0.1) is 11.7 Å². The summed E-state index contributed by atoms with van der Waals surface area (Å²) in [6.45, 7) is 1.66. The maximum Gasteiger partial charge on any atom is 0.335 e. The van der Waals surface area contributed by atoms with Gasteiger partial charge >= 0.3 is 6.03 Å². The highest BCUT2D eigenvalue weighted by atomic mass is 19.1. The summed E-state index contributed by atoms with van der Waals surface area (Å²) in [6, 6.07) is 13.1. The van der Waals surface area contributed by atoms with E-state index in [9.17, 15) is 18.8 Å². The van der Waals surface area contributed by atoms with Crippen LogP contribution < -0.4 is 15.5 Å². The number of carbonyl (C=O) groups is 3. The molecule has 1 aliphatic rings. The number of para-hydroxylation sites is 1. The Balaban J connectivity index is 1.91. The summed E-state index contributed by atoms with van der Waals surface area (Å²) in [7, 11) is 0. The average Bonchev–Trinajstić information content (AvgIpc) is 2.63. The molecular formula is C19H16FN3O3. The standard InChI is InChI=1S/C19H16FN3O3/c1-2-15(21-13-10-8-12(20)9-11-13)16-17(24)22-19(26)23(18(16)25)14-6-4-3-5-7-14/h2-11,16,21H,1H3,(H,22,24,26). The van der Waals surface area contributed by atoms with Crippen LogP contribution >= 0.6 is 0 Å². The molecule has 1 atom stereocenters. The van der Waals surface area contributed by atoms with Crippen molar-refractivity contribution in [1.29, 1.82) is 0 Å². The highest BCUT2D eigenvalue weighted by Crippen LogP contribution is 2.25. The Morgan fingerprint density at radius 3 is 2.35 bits per heavy atom. The molecule has 1 fully saturated rings. The highest BCUT2D eigenvalue weighted by molar-refractivity contribution is 6.28. The van der Waals surface area contributed by atoms with Crippen LogP contribution in [0.15, 0.2) is 66.4 Å². The van der Waals surface area contributed by atoms with E-state index >= 15 is 0 Å². The maximum absolute atomic E-state index is 13.1. The zero-order valence-electron chi connectivity index (χ0n) is 13.9. The second kappa shape index (κ2) is 7.18. The molecule has 6 nitrogen and oxygen atoms in total. The van der Waals surface area contributed by atoms with Gasteiger partial charge in [0, 0.05) is 11.4 Å². The number of halogens is 1. The molecule has 1 unspecified atom stereocenters. The van der Waals surface area contributed by atoms with Gasteiger partial charge in [-0.05, 0) is 43.3 Å². The number of hydrogen-bond acceptors (Lipinski definition) is 4. The minimum absolute atomic E-state index is 0.299. The molecule has 0 aromatic heterocycles. The summed E-state index contributed by atoms with van der Waals surface area (Å²) in [5, 5.41) is 5.15. The molecule has 0 radical (unpaired) electrons. The SMILES string of the molecule is CC=C(Nc1ccc(F)cc1)C1C(=O)NC(=O)N(c2ccccc2)C1=O. The van der Waals surface area contributed by atoms with Crippen LogP contribution in [0.1, 0.15) is 6.92 Å². The van der Waals surface area contributed by atoms with Crippen LogP contribution in [0.4, 0.5) is 20.6 Å². The van der Waals surface area contributed by atoms with Crippen LogP contribution in [-0.4, -0.2) is 17.8 Å². The van der Waals surface area contributed by atoms with Crippen LogP contribution in [0.2, 0.25) is 0 Å². The van der Waals surface area contributed by atoms with Crippen LogP contribution in [0.5, 0.6) is 0 Å². The molecule has 0 spiro atoms. The normalized spacial score (nSPS) is 17.9. The van der Waals surface area contributed by atoms with Gasteiger partial charge in [-0.25, -0.2) is 14.1 Å². The Kier molecular flexibility index (Phi) is 4.79. The van der Waals surface area contributed by atoms with E-state index in [4.69, 9.17) is 0 Å². The molecule has 1 heterocycles. The van der Waals surface area contributed by atoms with Crippen molar-refractivity contribution in [2.45, 2.75) is 6.92 Å². The van der Waals surface area contributed by atoms with Crippen molar-refractivity contribution in [3.05, 3.63) is 72.2 Å². The second-order valence-corrected chi connectivity index (χ2v) is 5.61. The van der Waals surface area contributed by atoms with Gasteiger partial charge < -0.3 is 5.32 Å². The number of amides is 4. The Labute approximate surface area is 149 Å². The Morgan fingerprint density at radius 2 is 1.73 bits per heavy atom. The predicted octanol–water partition coefficient (Wildman–Crippen LogP) is 3.04. The maximum atomic E-state index is 13.1. The van der Waals surface area contributed by atoms with Crippen molar-refractivity contribution in [2.24, 2.45) is 5.92 Å². The smallest absolute Gasteiger partial charge is 0.335 e. The molecule has 2 N–H and O–H groups in total. The Bertz CT molecular complexity index is 879. The van der Waals surface area contributed by atoms with Crippen molar-refractivity contribution < 1.29 is 18.8 Å². The number of carbonyl (C=O) groups excluding carboxylic acids is 3. The summed E-state index contributed by atoms with van der Waals surface area (Å²) in [5.74, 6) is -2.99. The number of benzene rings is 2. The first-order valence-electron chi connectivity index (χ1n) is 7.94. The number of nitrogens with one attached hydrogen (secondary N) is 2. The lowest BCUT2D eigenvalue weighted by Crippen LogP contribution is -2.59. The van der Waals surface area contributed by atoms with E-state index < -0.39 is 29.6 Å². The lowest BCUT2D eigenvalue weighted by molar-refractivity contribution is -0.132. The summed E-state index contributed by atoms with van der Waals surface area (Å²) < 4.78 is 13.1.